The van der Waals surface area contributed by atoms with E-state index < -0.39 is 5.82 Å². The van der Waals surface area contributed by atoms with Crippen LogP contribution in [0.15, 0.2) is 72.8 Å². The number of rotatable bonds is 8. The number of piperazine rings is 1. The van der Waals surface area contributed by atoms with Crippen LogP contribution in [0.1, 0.15) is 23.7 Å². The summed E-state index contributed by atoms with van der Waals surface area (Å²) in [6.45, 7) is 4.51. The zero-order valence-corrected chi connectivity index (χ0v) is 22.5. The molecule has 0 unspecified atom stereocenters. The highest BCUT2D eigenvalue weighted by atomic mass is 35.5. The molecule has 0 spiro atoms. The van der Waals surface area contributed by atoms with Gasteiger partial charge in [-0.3, -0.25) is 9.59 Å². The van der Waals surface area contributed by atoms with Crippen molar-refractivity contribution in [3.8, 4) is 0 Å². The van der Waals surface area contributed by atoms with Crippen LogP contribution >= 0.6 is 11.6 Å². The predicted molar refractivity (Wildman–Crippen MR) is 152 cm³/mol. The van der Waals surface area contributed by atoms with Gasteiger partial charge >= 0.3 is 6.03 Å². The Labute approximate surface area is 232 Å². The molecule has 0 aliphatic carbocycles. The third kappa shape index (κ3) is 7.26. The van der Waals surface area contributed by atoms with Gasteiger partial charge in [-0.15, -0.1) is 0 Å². The molecule has 4 amide bonds. The molecule has 1 fully saturated rings. The molecular weight excluding hydrogens is 521 g/mol. The summed E-state index contributed by atoms with van der Waals surface area (Å²) < 4.78 is 13.8. The molecule has 0 aromatic heterocycles. The van der Waals surface area contributed by atoms with Gasteiger partial charge in [0.25, 0.3) is 5.91 Å². The monoisotopic (exact) mass is 551 g/mol. The van der Waals surface area contributed by atoms with Gasteiger partial charge in [0.1, 0.15) is 12.4 Å². The van der Waals surface area contributed by atoms with Crippen LogP contribution in [0.5, 0.6) is 0 Å². The Kier molecular flexibility index (Phi) is 9.38. The third-order valence-corrected chi connectivity index (χ3v) is 6.75. The molecule has 8 nitrogen and oxygen atoms in total. The molecule has 1 aliphatic heterocycles. The van der Waals surface area contributed by atoms with Gasteiger partial charge in [0.15, 0.2) is 0 Å². The molecule has 0 saturated carbocycles. The Balaban J connectivity index is 1.28. The van der Waals surface area contributed by atoms with Crippen LogP contribution < -0.4 is 15.5 Å². The van der Waals surface area contributed by atoms with Crippen LogP contribution in [0.25, 0.3) is 0 Å². The number of para-hydroxylation sites is 1. The van der Waals surface area contributed by atoms with Crippen molar-refractivity contribution in [3.63, 3.8) is 0 Å². The van der Waals surface area contributed by atoms with Gasteiger partial charge in [-0.1, -0.05) is 42.8 Å². The fraction of sp³-hybridized carbons (Fsp3) is 0.276. The van der Waals surface area contributed by atoms with Crippen molar-refractivity contribution in [3.05, 3.63) is 89.2 Å². The van der Waals surface area contributed by atoms with E-state index in [1.165, 1.54) is 17.0 Å². The number of amides is 4. The Hall–Kier alpha value is -4.11. The maximum Gasteiger partial charge on any atom is 0.322 e. The van der Waals surface area contributed by atoms with Crippen molar-refractivity contribution in [1.82, 2.24) is 9.80 Å². The number of nitrogens with zero attached hydrogens (tertiary/aromatic N) is 3. The number of benzene rings is 3. The summed E-state index contributed by atoms with van der Waals surface area (Å²) in [6.07, 6.45) is 0.705. The van der Waals surface area contributed by atoms with E-state index in [1.54, 1.807) is 41.3 Å². The van der Waals surface area contributed by atoms with Crippen molar-refractivity contribution in [2.75, 3.05) is 54.8 Å². The number of anilines is 3. The van der Waals surface area contributed by atoms with Crippen LogP contribution in [-0.4, -0.2) is 66.9 Å². The summed E-state index contributed by atoms with van der Waals surface area (Å²) in [5.41, 5.74) is 2.11. The molecule has 1 aliphatic rings. The SMILES string of the molecule is CCCN(CC(=O)Nc1ccc(N2CCN(C(=O)Nc3ccccc3F)CC2)cc1)C(=O)c1ccccc1Cl. The summed E-state index contributed by atoms with van der Waals surface area (Å²) in [7, 11) is 0. The summed E-state index contributed by atoms with van der Waals surface area (Å²) >= 11 is 6.18. The molecule has 10 heteroatoms. The zero-order chi connectivity index (χ0) is 27.8. The summed E-state index contributed by atoms with van der Waals surface area (Å²) in [5, 5.41) is 5.83. The molecule has 4 rings (SSSR count). The Morgan fingerprint density at radius 3 is 2.23 bits per heavy atom. The minimum Gasteiger partial charge on any atom is -0.368 e. The lowest BCUT2D eigenvalue weighted by atomic mass is 10.2. The molecule has 3 aromatic rings. The largest absolute Gasteiger partial charge is 0.368 e. The predicted octanol–water partition coefficient (Wildman–Crippen LogP) is 5.32. The van der Waals surface area contributed by atoms with Gasteiger partial charge in [0.05, 0.1) is 16.3 Å². The Bertz CT molecular complexity index is 1310. The molecule has 1 saturated heterocycles. The second-order valence-corrected chi connectivity index (χ2v) is 9.59. The van der Waals surface area contributed by atoms with Crippen molar-refractivity contribution < 1.29 is 18.8 Å². The summed E-state index contributed by atoms with van der Waals surface area (Å²) in [6, 6.07) is 20.0. The van der Waals surface area contributed by atoms with Crippen LogP contribution in [0, 0.1) is 5.82 Å². The quantitative estimate of drug-likeness (QED) is 0.396. The van der Waals surface area contributed by atoms with Crippen LogP contribution in [0.3, 0.4) is 0 Å². The average Bonchev–Trinajstić information content (AvgIpc) is 2.94. The van der Waals surface area contributed by atoms with Crippen LogP contribution in [0.2, 0.25) is 5.02 Å². The molecule has 2 N–H and O–H groups in total. The highest BCUT2D eigenvalue weighted by molar-refractivity contribution is 6.33. The molecule has 0 atom stereocenters. The highest BCUT2D eigenvalue weighted by Crippen LogP contribution is 2.21. The van der Waals surface area contributed by atoms with Gasteiger partial charge in [0, 0.05) is 44.1 Å². The molecule has 0 radical (unpaired) electrons. The summed E-state index contributed by atoms with van der Waals surface area (Å²) in [4.78, 5) is 43.5. The number of halogens is 2. The van der Waals surface area contributed by atoms with Crippen LogP contribution in [0.4, 0.5) is 26.2 Å². The van der Waals surface area contributed by atoms with Crippen molar-refractivity contribution in [2.45, 2.75) is 13.3 Å². The van der Waals surface area contributed by atoms with E-state index >= 15 is 0 Å². The summed E-state index contributed by atoms with van der Waals surface area (Å²) in [5.74, 6) is -1.05. The number of hydrogen-bond donors (Lipinski definition) is 2. The Morgan fingerprint density at radius 1 is 0.897 bits per heavy atom. The molecule has 3 aromatic carbocycles. The first-order valence-electron chi connectivity index (χ1n) is 12.8. The first-order chi connectivity index (χ1) is 18.9. The molecule has 39 heavy (non-hydrogen) atoms. The lowest BCUT2D eigenvalue weighted by Gasteiger charge is -2.36. The van der Waals surface area contributed by atoms with E-state index in [9.17, 15) is 18.8 Å². The van der Waals surface area contributed by atoms with Gasteiger partial charge in [0.2, 0.25) is 5.91 Å². The van der Waals surface area contributed by atoms with Gasteiger partial charge in [-0.2, -0.15) is 0 Å². The Morgan fingerprint density at radius 2 is 1.56 bits per heavy atom. The highest BCUT2D eigenvalue weighted by Gasteiger charge is 2.23. The molecule has 204 valence electrons. The zero-order valence-electron chi connectivity index (χ0n) is 21.7. The molecule has 0 bridgehead atoms. The van der Waals surface area contributed by atoms with E-state index in [0.29, 0.717) is 55.4 Å². The first kappa shape index (κ1) is 27.9. The molecular formula is C29H31ClFN5O3. The van der Waals surface area contributed by atoms with Crippen molar-refractivity contribution in [1.29, 1.82) is 0 Å². The lowest BCUT2D eigenvalue weighted by Crippen LogP contribution is -2.50. The number of carbonyl (C=O) groups is 3. The first-order valence-corrected chi connectivity index (χ1v) is 13.2. The fourth-order valence-corrected chi connectivity index (χ4v) is 4.60. The second-order valence-electron chi connectivity index (χ2n) is 9.19. The van der Waals surface area contributed by atoms with E-state index in [2.05, 4.69) is 15.5 Å². The smallest absolute Gasteiger partial charge is 0.322 e. The maximum atomic E-state index is 13.8. The van der Waals surface area contributed by atoms with Gasteiger partial charge in [-0.25, -0.2) is 9.18 Å². The average molecular weight is 552 g/mol. The number of urea groups is 1. The van der Waals surface area contributed by atoms with E-state index in [-0.39, 0.29) is 30.1 Å². The van der Waals surface area contributed by atoms with E-state index in [1.807, 2.05) is 31.2 Å². The minimum absolute atomic E-state index is 0.0868. The molecule has 1 heterocycles. The normalized spacial score (nSPS) is 13.1. The third-order valence-electron chi connectivity index (χ3n) is 6.42. The van der Waals surface area contributed by atoms with Gasteiger partial charge in [-0.05, 0) is 55.0 Å². The maximum absolute atomic E-state index is 13.8. The van der Waals surface area contributed by atoms with E-state index in [0.717, 1.165) is 5.69 Å². The number of carbonyl (C=O) groups excluding carboxylic acids is 3. The standard InChI is InChI=1S/C29H31ClFN5O3/c1-2-15-36(28(38)23-7-3-4-8-24(23)30)20-27(37)32-21-11-13-22(14-12-21)34-16-18-35(19-17-34)29(39)33-26-10-6-5-9-25(26)31/h3-14H,2,15-20H2,1H3,(H,32,37)(H,33,39). The lowest BCUT2D eigenvalue weighted by molar-refractivity contribution is -0.116. The topological polar surface area (TPSA) is 85.0 Å². The van der Waals surface area contributed by atoms with Gasteiger partial charge < -0.3 is 25.3 Å². The number of hydrogen-bond acceptors (Lipinski definition) is 4. The fourth-order valence-electron chi connectivity index (χ4n) is 4.38. The van der Waals surface area contributed by atoms with Crippen LogP contribution in [-0.2, 0) is 4.79 Å². The van der Waals surface area contributed by atoms with Crippen molar-refractivity contribution in [2.24, 2.45) is 0 Å². The number of nitrogens with one attached hydrogen (secondary N) is 2. The minimum atomic E-state index is -0.470. The van der Waals surface area contributed by atoms with Crippen molar-refractivity contribution >= 4 is 46.5 Å². The van der Waals surface area contributed by atoms with E-state index in [4.69, 9.17) is 11.6 Å². The second kappa shape index (κ2) is 13.1.